The van der Waals surface area contributed by atoms with E-state index >= 15 is 0 Å². The third-order valence-electron chi connectivity index (χ3n) is 4.60. The minimum atomic E-state index is -4.47. The van der Waals surface area contributed by atoms with E-state index in [0.29, 0.717) is 30.5 Å². The summed E-state index contributed by atoms with van der Waals surface area (Å²) in [6, 6.07) is 8.15. The lowest BCUT2D eigenvalue weighted by atomic mass is 9.96. The molecule has 27 heavy (non-hydrogen) atoms. The SMILES string of the molecule is NC(=O)[C@H]1CCCN(C(=O)c2cccc(-c3cc(C(F)(F)F)ccn3)c2)C1. The van der Waals surface area contributed by atoms with Crippen LogP contribution in [0, 0.1) is 5.92 Å². The Kier molecular flexibility index (Phi) is 5.16. The fraction of sp³-hybridized carbons (Fsp3) is 0.316. The maximum Gasteiger partial charge on any atom is 0.416 e. The first-order valence-electron chi connectivity index (χ1n) is 8.48. The van der Waals surface area contributed by atoms with Crippen LogP contribution >= 0.6 is 0 Å². The van der Waals surface area contributed by atoms with Crippen molar-refractivity contribution in [3.8, 4) is 11.3 Å². The summed E-state index contributed by atoms with van der Waals surface area (Å²) in [5, 5.41) is 0. The molecule has 1 aliphatic heterocycles. The van der Waals surface area contributed by atoms with Gasteiger partial charge >= 0.3 is 6.18 Å². The van der Waals surface area contributed by atoms with Crippen molar-refractivity contribution < 1.29 is 22.8 Å². The summed E-state index contributed by atoms with van der Waals surface area (Å²) in [4.78, 5) is 29.7. The Bertz CT molecular complexity index is 867. The Labute approximate surface area is 154 Å². The highest BCUT2D eigenvalue weighted by Gasteiger charge is 2.31. The molecule has 0 aliphatic carbocycles. The molecule has 1 saturated heterocycles. The number of pyridine rings is 1. The van der Waals surface area contributed by atoms with Gasteiger partial charge in [0.05, 0.1) is 17.2 Å². The molecule has 1 aromatic carbocycles. The molecule has 2 amide bonds. The molecule has 0 unspecified atom stereocenters. The highest BCUT2D eigenvalue weighted by molar-refractivity contribution is 5.95. The quantitative estimate of drug-likeness (QED) is 0.893. The first-order valence-corrected chi connectivity index (χ1v) is 8.48. The average molecular weight is 377 g/mol. The molecule has 1 aliphatic rings. The van der Waals surface area contributed by atoms with Crippen molar-refractivity contribution in [1.29, 1.82) is 0 Å². The second kappa shape index (κ2) is 7.38. The van der Waals surface area contributed by atoms with Crippen molar-refractivity contribution in [3.05, 3.63) is 53.7 Å². The number of hydrogen-bond acceptors (Lipinski definition) is 3. The summed E-state index contributed by atoms with van der Waals surface area (Å²) in [6.45, 7) is 0.759. The molecule has 0 bridgehead atoms. The van der Waals surface area contributed by atoms with Gasteiger partial charge in [-0.2, -0.15) is 13.2 Å². The highest BCUT2D eigenvalue weighted by Crippen LogP contribution is 2.31. The summed E-state index contributed by atoms with van der Waals surface area (Å²) in [6.07, 6.45) is -2.06. The molecule has 1 atom stereocenters. The number of primary amides is 1. The van der Waals surface area contributed by atoms with E-state index in [-0.39, 0.29) is 24.1 Å². The Balaban J connectivity index is 1.86. The predicted molar refractivity (Wildman–Crippen MR) is 92.5 cm³/mol. The van der Waals surface area contributed by atoms with Crippen LogP contribution in [0.5, 0.6) is 0 Å². The van der Waals surface area contributed by atoms with E-state index in [1.165, 1.54) is 6.07 Å². The van der Waals surface area contributed by atoms with Crippen LogP contribution in [0.4, 0.5) is 13.2 Å². The number of amides is 2. The van der Waals surface area contributed by atoms with Crippen molar-refractivity contribution in [2.75, 3.05) is 13.1 Å². The molecule has 2 aromatic rings. The van der Waals surface area contributed by atoms with Gasteiger partial charge in [-0.25, -0.2) is 0 Å². The van der Waals surface area contributed by atoms with E-state index in [1.54, 1.807) is 23.1 Å². The van der Waals surface area contributed by atoms with Crippen molar-refractivity contribution >= 4 is 11.8 Å². The van der Waals surface area contributed by atoms with Gasteiger partial charge in [0, 0.05) is 30.4 Å². The maximum atomic E-state index is 12.9. The molecule has 1 aromatic heterocycles. The van der Waals surface area contributed by atoms with E-state index < -0.39 is 17.6 Å². The number of rotatable bonds is 3. The molecule has 2 heterocycles. The standard InChI is InChI=1S/C19H18F3N3O2/c20-19(21,22)15-6-7-24-16(10-15)12-3-1-4-13(9-12)18(27)25-8-2-5-14(11-25)17(23)26/h1,3-4,6-7,9-10,14H,2,5,8,11H2,(H2,23,26)/t14-/m0/s1. The summed E-state index contributed by atoms with van der Waals surface area (Å²) < 4.78 is 38.7. The number of carbonyl (C=O) groups excluding carboxylic acids is 2. The summed E-state index contributed by atoms with van der Waals surface area (Å²) in [7, 11) is 0. The van der Waals surface area contributed by atoms with Crippen LogP contribution in [0.15, 0.2) is 42.6 Å². The van der Waals surface area contributed by atoms with Gasteiger partial charge in [-0.3, -0.25) is 14.6 Å². The number of carbonyl (C=O) groups is 2. The Hall–Kier alpha value is -2.90. The Morgan fingerprint density at radius 3 is 2.67 bits per heavy atom. The summed E-state index contributed by atoms with van der Waals surface area (Å²) in [5.74, 6) is -1.10. The number of nitrogens with zero attached hydrogens (tertiary/aromatic N) is 2. The topological polar surface area (TPSA) is 76.3 Å². The highest BCUT2D eigenvalue weighted by atomic mass is 19.4. The minimum Gasteiger partial charge on any atom is -0.369 e. The number of aromatic nitrogens is 1. The lowest BCUT2D eigenvalue weighted by Crippen LogP contribution is -2.44. The number of benzene rings is 1. The van der Waals surface area contributed by atoms with Gasteiger partial charge in [0.2, 0.25) is 5.91 Å². The van der Waals surface area contributed by atoms with Crippen LogP contribution in [0.25, 0.3) is 11.3 Å². The van der Waals surface area contributed by atoms with Gasteiger partial charge in [0.15, 0.2) is 0 Å². The largest absolute Gasteiger partial charge is 0.416 e. The van der Waals surface area contributed by atoms with Crippen molar-refractivity contribution in [3.63, 3.8) is 0 Å². The molecule has 1 fully saturated rings. The van der Waals surface area contributed by atoms with Crippen LogP contribution in [-0.4, -0.2) is 34.8 Å². The van der Waals surface area contributed by atoms with Gasteiger partial charge in [-0.1, -0.05) is 12.1 Å². The molecule has 0 saturated carbocycles. The summed E-state index contributed by atoms with van der Waals surface area (Å²) >= 11 is 0. The van der Waals surface area contributed by atoms with Crippen LogP contribution in [0.1, 0.15) is 28.8 Å². The first kappa shape index (κ1) is 18.9. The molecule has 0 spiro atoms. The van der Waals surface area contributed by atoms with E-state index in [1.807, 2.05) is 0 Å². The normalized spacial score (nSPS) is 17.6. The summed E-state index contributed by atoms with van der Waals surface area (Å²) in [5.41, 5.74) is 5.41. The predicted octanol–water partition coefficient (Wildman–Crippen LogP) is 3.10. The molecule has 0 radical (unpaired) electrons. The van der Waals surface area contributed by atoms with Crippen molar-refractivity contribution in [1.82, 2.24) is 9.88 Å². The molecular formula is C19H18F3N3O2. The van der Waals surface area contributed by atoms with Gasteiger partial charge in [-0.05, 0) is 37.1 Å². The Morgan fingerprint density at radius 2 is 1.96 bits per heavy atom. The lowest BCUT2D eigenvalue weighted by Gasteiger charge is -2.31. The molecular weight excluding hydrogens is 359 g/mol. The van der Waals surface area contributed by atoms with Gasteiger partial charge < -0.3 is 10.6 Å². The van der Waals surface area contributed by atoms with Crippen molar-refractivity contribution in [2.45, 2.75) is 19.0 Å². The fourth-order valence-electron chi connectivity index (χ4n) is 3.15. The van der Waals surface area contributed by atoms with Crippen LogP contribution in [0.3, 0.4) is 0 Å². The van der Waals surface area contributed by atoms with E-state index in [2.05, 4.69) is 4.98 Å². The molecule has 8 heteroatoms. The maximum absolute atomic E-state index is 12.9. The van der Waals surface area contributed by atoms with Crippen molar-refractivity contribution in [2.24, 2.45) is 11.7 Å². The number of halogens is 3. The molecule has 2 N–H and O–H groups in total. The second-order valence-corrected chi connectivity index (χ2v) is 6.50. The Morgan fingerprint density at radius 1 is 1.19 bits per heavy atom. The zero-order valence-electron chi connectivity index (χ0n) is 14.4. The van der Waals surface area contributed by atoms with Crippen LogP contribution < -0.4 is 5.73 Å². The number of nitrogens with two attached hydrogens (primary N) is 1. The lowest BCUT2D eigenvalue weighted by molar-refractivity contribution is -0.137. The molecule has 142 valence electrons. The van der Waals surface area contributed by atoms with E-state index in [0.717, 1.165) is 18.3 Å². The van der Waals surface area contributed by atoms with Gasteiger partial charge in [0.1, 0.15) is 0 Å². The van der Waals surface area contributed by atoms with Crippen LogP contribution in [-0.2, 0) is 11.0 Å². The third kappa shape index (κ3) is 4.27. The number of piperidine rings is 1. The second-order valence-electron chi connectivity index (χ2n) is 6.50. The molecule has 3 rings (SSSR count). The average Bonchev–Trinajstić information content (AvgIpc) is 2.67. The third-order valence-corrected chi connectivity index (χ3v) is 4.60. The minimum absolute atomic E-state index is 0.133. The van der Waals surface area contributed by atoms with E-state index in [4.69, 9.17) is 5.73 Å². The smallest absolute Gasteiger partial charge is 0.369 e. The fourth-order valence-corrected chi connectivity index (χ4v) is 3.15. The van der Waals surface area contributed by atoms with Gasteiger partial charge in [0.25, 0.3) is 5.91 Å². The first-order chi connectivity index (χ1) is 12.8. The number of likely N-dealkylation sites (tertiary alicyclic amines) is 1. The number of alkyl halides is 3. The molecule has 5 nitrogen and oxygen atoms in total. The monoisotopic (exact) mass is 377 g/mol. The zero-order chi connectivity index (χ0) is 19.6. The van der Waals surface area contributed by atoms with E-state index in [9.17, 15) is 22.8 Å². The number of hydrogen-bond donors (Lipinski definition) is 1. The zero-order valence-corrected chi connectivity index (χ0v) is 14.4. The van der Waals surface area contributed by atoms with Gasteiger partial charge in [-0.15, -0.1) is 0 Å². The van der Waals surface area contributed by atoms with Crippen LogP contribution in [0.2, 0.25) is 0 Å².